The molecule has 1 N–H and O–H groups in total. The number of epoxide rings is 1. The van der Waals surface area contributed by atoms with Crippen LogP contribution in [0.5, 0.6) is 0 Å². The Morgan fingerprint density at radius 2 is 1.83 bits per heavy atom. The first kappa shape index (κ1) is 17.1. The van der Waals surface area contributed by atoms with Gasteiger partial charge in [0.05, 0.1) is 12.6 Å². The van der Waals surface area contributed by atoms with Crippen molar-refractivity contribution in [1.29, 1.82) is 0 Å². The van der Waals surface area contributed by atoms with Crippen LogP contribution in [0.2, 0.25) is 10.0 Å². The van der Waals surface area contributed by atoms with Gasteiger partial charge in [-0.15, -0.1) is 0 Å². The third-order valence-corrected chi connectivity index (χ3v) is 4.14. The minimum absolute atomic E-state index is 0.00738. The summed E-state index contributed by atoms with van der Waals surface area (Å²) in [4.78, 5) is 12.0. The van der Waals surface area contributed by atoms with Crippen molar-refractivity contribution >= 4 is 29.3 Å². The fourth-order valence-corrected chi connectivity index (χ4v) is 3.03. The van der Waals surface area contributed by atoms with Crippen molar-refractivity contribution in [2.24, 2.45) is 0 Å². The monoisotopic (exact) mass is 365 g/mol. The lowest BCUT2D eigenvalue weighted by molar-refractivity contribution is 0.133. The number of nitrogens with one attached hydrogen (secondary N) is 1. The van der Waals surface area contributed by atoms with Crippen molar-refractivity contribution in [2.45, 2.75) is 25.2 Å². The SMILES string of the molecule is O=C(N[C@@H](Cc1cc(Cl)cc(Cl)c1)[C@H]1CO1)OCc1ccccc1. The highest BCUT2D eigenvalue weighted by atomic mass is 35.5. The van der Waals surface area contributed by atoms with Crippen molar-refractivity contribution in [3.05, 3.63) is 69.7 Å². The molecule has 0 unspecified atom stereocenters. The van der Waals surface area contributed by atoms with Gasteiger partial charge in [-0.25, -0.2) is 4.79 Å². The van der Waals surface area contributed by atoms with E-state index in [-0.39, 0.29) is 18.8 Å². The van der Waals surface area contributed by atoms with E-state index in [2.05, 4.69) is 5.32 Å². The van der Waals surface area contributed by atoms with Gasteiger partial charge in [0.15, 0.2) is 0 Å². The number of alkyl carbamates (subject to hydrolysis) is 1. The summed E-state index contributed by atoms with van der Waals surface area (Å²) < 4.78 is 10.6. The molecule has 1 aliphatic rings. The van der Waals surface area contributed by atoms with Crippen molar-refractivity contribution < 1.29 is 14.3 Å². The maximum Gasteiger partial charge on any atom is 0.407 e. The molecular weight excluding hydrogens is 349 g/mol. The topological polar surface area (TPSA) is 50.9 Å². The summed E-state index contributed by atoms with van der Waals surface area (Å²) >= 11 is 12.0. The van der Waals surface area contributed by atoms with Crippen molar-refractivity contribution in [3.8, 4) is 0 Å². The highest BCUT2D eigenvalue weighted by molar-refractivity contribution is 6.34. The van der Waals surface area contributed by atoms with Gasteiger partial charge in [-0.1, -0.05) is 53.5 Å². The number of hydrogen-bond donors (Lipinski definition) is 1. The van der Waals surface area contributed by atoms with E-state index < -0.39 is 6.09 Å². The summed E-state index contributed by atoms with van der Waals surface area (Å²) in [7, 11) is 0. The Labute approximate surface area is 150 Å². The number of hydrogen-bond acceptors (Lipinski definition) is 3. The first-order chi connectivity index (χ1) is 11.6. The van der Waals surface area contributed by atoms with E-state index in [0.29, 0.717) is 23.1 Å². The molecule has 1 heterocycles. The first-order valence-electron chi connectivity index (χ1n) is 7.64. The van der Waals surface area contributed by atoms with Crippen LogP contribution in [0.1, 0.15) is 11.1 Å². The minimum Gasteiger partial charge on any atom is -0.445 e. The Kier molecular flexibility index (Phi) is 5.61. The zero-order chi connectivity index (χ0) is 16.9. The number of carbonyl (C=O) groups excluding carboxylic acids is 1. The van der Waals surface area contributed by atoms with Crippen molar-refractivity contribution in [1.82, 2.24) is 5.32 Å². The number of halogens is 2. The summed E-state index contributed by atoms with van der Waals surface area (Å²) in [5.74, 6) is 0. The zero-order valence-corrected chi connectivity index (χ0v) is 14.4. The molecule has 24 heavy (non-hydrogen) atoms. The average molecular weight is 366 g/mol. The molecule has 2 aromatic carbocycles. The van der Waals surface area contributed by atoms with Crippen LogP contribution in [0, 0.1) is 0 Å². The van der Waals surface area contributed by atoms with E-state index in [1.54, 1.807) is 6.07 Å². The molecule has 4 nitrogen and oxygen atoms in total. The maximum atomic E-state index is 12.0. The fraction of sp³-hybridized carbons (Fsp3) is 0.278. The van der Waals surface area contributed by atoms with Crippen LogP contribution in [0.15, 0.2) is 48.5 Å². The number of benzene rings is 2. The van der Waals surface area contributed by atoms with Gasteiger partial charge < -0.3 is 14.8 Å². The molecule has 0 aromatic heterocycles. The zero-order valence-electron chi connectivity index (χ0n) is 12.9. The third-order valence-electron chi connectivity index (χ3n) is 3.70. The lowest BCUT2D eigenvalue weighted by Gasteiger charge is -2.17. The molecule has 6 heteroatoms. The summed E-state index contributed by atoms with van der Waals surface area (Å²) in [6.07, 6.45) is 0.102. The molecule has 0 spiro atoms. The summed E-state index contributed by atoms with van der Waals surface area (Å²) in [6.45, 7) is 0.853. The highest BCUT2D eigenvalue weighted by Crippen LogP contribution is 2.23. The van der Waals surface area contributed by atoms with Gasteiger partial charge in [-0.3, -0.25) is 0 Å². The fourth-order valence-electron chi connectivity index (χ4n) is 2.46. The van der Waals surface area contributed by atoms with Crippen LogP contribution in [0.25, 0.3) is 0 Å². The first-order valence-corrected chi connectivity index (χ1v) is 8.39. The van der Waals surface area contributed by atoms with Crippen LogP contribution in [0.4, 0.5) is 4.79 Å². The predicted octanol–water partition coefficient (Wildman–Crippen LogP) is 4.23. The molecule has 1 amide bonds. The summed E-state index contributed by atoms with van der Waals surface area (Å²) in [6, 6.07) is 14.7. The average Bonchev–Trinajstić information content (AvgIpc) is 3.37. The second kappa shape index (κ2) is 7.88. The molecule has 1 saturated heterocycles. The molecule has 3 rings (SSSR count). The van der Waals surface area contributed by atoms with E-state index in [1.165, 1.54) is 0 Å². The molecule has 2 aromatic rings. The van der Waals surface area contributed by atoms with Gasteiger partial charge in [-0.05, 0) is 35.7 Å². The molecule has 1 aliphatic heterocycles. The molecule has 126 valence electrons. The number of carbonyl (C=O) groups is 1. The Hall–Kier alpha value is -1.75. The predicted molar refractivity (Wildman–Crippen MR) is 93.5 cm³/mol. The van der Waals surface area contributed by atoms with E-state index in [9.17, 15) is 4.79 Å². The third kappa shape index (κ3) is 5.13. The standard InChI is InChI=1S/C18H17Cl2NO3/c19-14-6-13(7-15(20)9-14)8-16(17-11-23-17)21-18(22)24-10-12-4-2-1-3-5-12/h1-7,9,16-17H,8,10-11H2,(H,21,22)/t16-,17+/m0/s1. The van der Waals surface area contributed by atoms with E-state index in [0.717, 1.165) is 11.1 Å². The normalized spacial score (nSPS) is 17.2. The molecule has 0 radical (unpaired) electrons. The minimum atomic E-state index is -0.465. The quantitative estimate of drug-likeness (QED) is 0.779. The molecular formula is C18H17Cl2NO3. The van der Waals surface area contributed by atoms with Crippen LogP contribution >= 0.6 is 23.2 Å². The highest BCUT2D eigenvalue weighted by Gasteiger charge is 2.34. The van der Waals surface area contributed by atoms with Gasteiger partial charge in [0.25, 0.3) is 0 Å². The second-order valence-corrected chi connectivity index (χ2v) is 6.54. The molecule has 0 bridgehead atoms. The lowest BCUT2D eigenvalue weighted by atomic mass is 10.0. The summed E-state index contributed by atoms with van der Waals surface area (Å²) in [5.41, 5.74) is 1.88. The van der Waals surface area contributed by atoms with Gasteiger partial charge in [-0.2, -0.15) is 0 Å². The Morgan fingerprint density at radius 3 is 2.46 bits per heavy atom. The van der Waals surface area contributed by atoms with Crippen LogP contribution in [-0.4, -0.2) is 24.8 Å². The van der Waals surface area contributed by atoms with E-state index >= 15 is 0 Å². The molecule has 0 saturated carbocycles. The van der Waals surface area contributed by atoms with Crippen LogP contribution in [-0.2, 0) is 22.5 Å². The molecule has 2 atom stereocenters. The lowest BCUT2D eigenvalue weighted by Crippen LogP contribution is -2.40. The van der Waals surface area contributed by atoms with Gasteiger partial charge in [0, 0.05) is 10.0 Å². The van der Waals surface area contributed by atoms with Gasteiger partial charge >= 0.3 is 6.09 Å². The van der Waals surface area contributed by atoms with E-state index in [4.69, 9.17) is 32.7 Å². The molecule has 1 fully saturated rings. The maximum absolute atomic E-state index is 12.0. The number of amides is 1. The second-order valence-electron chi connectivity index (χ2n) is 5.67. The van der Waals surface area contributed by atoms with Gasteiger partial charge in [0.2, 0.25) is 0 Å². The van der Waals surface area contributed by atoms with Crippen LogP contribution in [0.3, 0.4) is 0 Å². The number of ether oxygens (including phenoxy) is 2. The largest absolute Gasteiger partial charge is 0.445 e. The van der Waals surface area contributed by atoms with Gasteiger partial charge in [0.1, 0.15) is 12.7 Å². The number of rotatable bonds is 6. The Morgan fingerprint density at radius 1 is 1.17 bits per heavy atom. The molecule has 0 aliphatic carbocycles. The van der Waals surface area contributed by atoms with Crippen molar-refractivity contribution in [3.63, 3.8) is 0 Å². The Bertz CT molecular complexity index is 684. The van der Waals surface area contributed by atoms with Crippen LogP contribution < -0.4 is 5.32 Å². The Balaban J connectivity index is 1.56. The van der Waals surface area contributed by atoms with Crippen molar-refractivity contribution in [2.75, 3.05) is 6.61 Å². The summed E-state index contributed by atoms with van der Waals surface area (Å²) in [5, 5.41) is 4.00. The smallest absolute Gasteiger partial charge is 0.407 e. The van der Waals surface area contributed by atoms with E-state index in [1.807, 2.05) is 42.5 Å².